The van der Waals surface area contributed by atoms with Crippen molar-refractivity contribution < 1.29 is 26.3 Å². The average Bonchev–Trinajstić information content (AvgIpc) is 2.54. The van der Waals surface area contributed by atoms with E-state index in [1.807, 2.05) is 0 Å². The highest BCUT2D eigenvalue weighted by atomic mass is 19.4. The van der Waals surface area contributed by atoms with Crippen molar-refractivity contribution in [3.63, 3.8) is 0 Å². The first-order valence-electron chi connectivity index (χ1n) is 5.01. The molecule has 1 aliphatic heterocycles. The van der Waals surface area contributed by atoms with E-state index in [9.17, 15) is 26.3 Å². The molecule has 0 atom stereocenters. The summed E-state index contributed by atoms with van der Waals surface area (Å²) in [5.41, 5.74) is -3.18. The minimum atomic E-state index is -5.00. The first-order chi connectivity index (χ1) is 7.62. The second-order valence-electron chi connectivity index (χ2n) is 3.55. The number of nitrogens with zero attached hydrogens (tertiary/aromatic N) is 2. The molecular weight excluding hydrogens is 250 g/mol. The molecule has 1 aliphatic rings. The van der Waals surface area contributed by atoms with E-state index in [2.05, 4.69) is 0 Å². The van der Waals surface area contributed by atoms with Crippen molar-refractivity contribution >= 4 is 0 Å². The van der Waals surface area contributed by atoms with Gasteiger partial charge in [-0.05, 0) is 13.8 Å². The Morgan fingerprint density at radius 1 is 0.824 bits per heavy atom. The Morgan fingerprint density at radius 3 is 1.29 bits per heavy atom. The second kappa shape index (κ2) is 4.30. The van der Waals surface area contributed by atoms with Gasteiger partial charge in [0, 0.05) is 13.1 Å². The molecule has 0 N–H and O–H groups in total. The number of hydrogen-bond donors (Lipinski definition) is 0. The van der Waals surface area contributed by atoms with Crippen molar-refractivity contribution in [2.24, 2.45) is 0 Å². The molecule has 0 aromatic carbocycles. The summed E-state index contributed by atoms with van der Waals surface area (Å²) < 4.78 is 76.0. The molecule has 100 valence electrons. The molecule has 0 fully saturated rings. The van der Waals surface area contributed by atoms with Crippen LogP contribution in [0.15, 0.2) is 11.4 Å². The molecule has 1 heterocycles. The zero-order valence-electron chi connectivity index (χ0n) is 9.28. The predicted octanol–water partition coefficient (Wildman–Crippen LogP) is 2.94. The van der Waals surface area contributed by atoms with Crippen LogP contribution in [0, 0.1) is 0 Å². The van der Waals surface area contributed by atoms with Gasteiger partial charge in [-0.15, -0.1) is 0 Å². The van der Waals surface area contributed by atoms with E-state index >= 15 is 0 Å². The third-order valence-corrected chi connectivity index (χ3v) is 2.50. The van der Waals surface area contributed by atoms with E-state index in [-0.39, 0.29) is 19.8 Å². The van der Waals surface area contributed by atoms with E-state index < -0.39 is 23.7 Å². The molecule has 2 nitrogen and oxygen atoms in total. The fourth-order valence-corrected chi connectivity index (χ4v) is 1.79. The minimum Gasteiger partial charge on any atom is -0.348 e. The Labute approximate surface area is 94.5 Å². The second-order valence-corrected chi connectivity index (χ2v) is 3.55. The monoisotopic (exact) mass is 262 g/mol. The van der Waals surface area contributed by atoms with Crippen LogP contribution in [0.5, 0.6) is 0 Å². The molecule has 0 bridgehead atoms. The van der Waals surface area contributed by atoms with E-state index in [0.29, 0.717) is 9.80 Å². The van der Waals surface area contributed by atoms with Crippen LogP contribution in [-0.2, 0) is 0 Å². The van der Waals surface area contributed by atoms with Gasteiger partial charge in [0.15, 0.2) is 0 Å². The van der Waals surface area contributed by atoms with Crippen molar-refractivity contribution in [1.82, 2.24) is 9.80 Å². The Balaban J connectivity index is 3.34. The maximum Gasteiger partial charge on any atom is 0.433 e. The molecule has 0 amide bonds. The number of rotatable bonds is 2. The van der Waals surface area contributed by atoms with Crippen molar-refractivity contribution in [3.8, 4) is 0 Å². The third-order valence-electron chi connectivity index (χ3n) is 2.50. The van der Waals surface area contributed by atoms with E-state index in [0.717, 1.165) is 0 Å². The number of allylic oxidation sites excluding steroid dienone is 2. The summed E-state index contributed by atoms with van der Waals surface area (Å²) in [4.78, 5) is 1.37. The van der Waals surface area contributed by atoms with Crippen LogP contribution in [0.4, 0.5) is 26.3 Å². The Morgan fingerprint density at radius 2 is 1.12 bits per heavy atom. The molecule has 0 saturated carbocycles. The van der Waals surface area contributed by atoms with Crippen molar-refractivity contribution in [3.05, 3.63) is 11.4 Å². The van der Waals surface area contributed by atoms with Gasteiger partial charge in [0.1, 0.15) is 11.4 Å². The maximum absolute atomic E-state index is 12.7. The SMILES string of the molecule is CCN1CN(CC)C(C(F)(F)F)=C1C(F)(F)F. The van der Waals surface area contributed by atoms with Crippen molar-refractivity contribution in [2.75, 3.05) is 19.8 Å². The lowest BCUT2D eigenvalue weighted by Crippen LogP contribution is -2.31. The smallest absolute Gasteiger partial charge is 0.348 e. The van der Waals surface area contributed by atoms with Gasteiger partial charge in [0.25, 0.3) is 0 Å². The molecule has 0 aromatic heterocycles. The lowest BCUT2D eigenvalue weighted by Gasteiger charge is -2.22. The molecular formula is C9H12F6N2. The van der Waals surface area contributed by atoms with Crippen molar-refractivity contribution in [2.45, 2.75) is 26.2 Å². The molecule has 0 spiro atoms. The standard InChI is InChI=1S/C9H12F6N2/c1-3-16-5-17(4-2)7(9(13,14)15)6(16)8(10,11)12/h3-5H2,1-2H3. The van der Waals surface area contributed by atoms with Crippen LogP contribution in [0.25, 0.3) is 0 Å². The largest absolute Gasteiger partial charge is 0.433 e. The normalized spacial score (nSPS) is 18.4. The summed E-state index contributed by atoms with van der Waals surface area (Å²) in [7, 11) is 0. The zero-order valence-corrected chi connectivity index (χ0v) is 9.28. The van der Waals surface area contributed by atoms with Gasteiger partial charge >= 0.3 is 12.4 Å². The number of hydrogen-bond acceptors (Lipinski definition) is 2. The molecule has 0 radical (unpaired) electrons. The van der Waals surface area contributed by atoms with Crippen LogP contribution in [0.1, 0.15) is 13.8 Å². The van der Waals surface area contributed by atoms with Gasteiger partial charge in [-0.3, -0.25) is 0 Å². The molecule has 0 aromatic rings. The summed E-state index contributed by atoms with van der Waals surface area (Å²) in [6.07, 6.45) is -9.99. The third kappa shape index (κ3) is 2.61. The van der Waals surface area contributed by atoms with Gasteiger partial charge in [0.2, 0.25) is 0 Å². The fourth-order valence-electron chi connectivity index (χ4n) is 1.79. The molecule has 0 saturated heterocycles. The van der Waals surface area contributed by atoms with E-state index in [4.69, 9.17) is 0 Å². The summed E-state index contributed by atoms with van der Waals surface area (Å²) in [6.45, 7) is 2.16. The van der Waals surface area contributed by atoms with Gasteiger partial charge in [0.05, 0.1) is 6.67 Å². The lowest BCUT2D eigenvalue weighted by atomic mass is 10.3. The summed E-state index contributed by atoms with van der Waals surface area (Å²) >= 11 is 0. The Bertz CT molecular complexity index is 286. The average molecular weight is 262 g/mol. The van der Waals surface area contributed by atoms with Crippen LogP contribution in [0.3, 0.4) is 0 Å². The van der Waals surface area contributed by atoms with Crippen LogP contribution < -0.4 is 0 Å². The highest BCUT2D eigenvalue weighted by Gasteiger charge is 2.53. The topological polar surface area (TPSA) is 6.48 Å². The van der Waals surface area contributed by atoms with E-state index in [1.165, 1.54) is 13.8 Å². The van der Waals surface area contributed by atoms with Crippen LogP contribution in [-0.4, -0.2) is 41.9 Å². The van der Waals surface area contributed by atoms with Gasteiger partial charge in [-0.1, -0.05) is 0 Å². The Kier molecular flexibility index (Phi) is 3.54. The fraction of sp³-hybridized carbons (Fsp3) is 0.778. The summed E-state index contributed by atoms with van der Waals surface area (Å²) in [6, 6.07) is 0. The van der Waals surface area contributed by atoms with Crippen LogP contribution >= 0.6 is 0 Å². The lowest BCUT2D eigenvalue weighted by molar-refractivity contribution is -0.128. The van der Waals surface area contributed by atoms with Gasteiger partial charge < -0.3 is 9.80 Å². The number of halogens is 6. The van der Waals surface area contributed by atoms with E-state index in [1.54, 1.807) is 0 Å². The van der Waals surface area contributed by atoms with Crippen molar-refractivity contribution in [1.29, 1.82) is 0 Å². The Hall–Kier alpha value is -1.08. The highest BCUT2D eigenvalue weighted by Crippen LogP contribution is 2.43. The highest BCUT2D eigenvalue weighted by molar-refractivity contribution is 5.25. The molecule has 0 aliphatic carbocycles. The summed E-state index contributed by atoms with van der Waals surface area (Å²) in [5, 5.41) is 0. The molecule has 0 unspecified atom stereocenters. The van der Waals surface area contributed by atoms with Gasteiger partial charge in [-0.25, -0.2) is 0 Å². The van der Waals surface area contributed by atoms with Gasteiger partial charge in [-0.2, -0.15) is 26.3 Å². The minimum absolute atomic E-state index is 0.120. The first-order valence-corrected chi connectivity index (χ1v) is 5.01. The molecule has 17 heavy (non-hydrogen) atoms. The zero-order chi connectivity index (χ0) is 13.4. The summed E-state index contributed by atoms with van der Waals surface area (Å²) in [5.74, 6) is 0. The molecule has 8 heteroatoms. The maximum atomic E-state index is 12.7. The first kappa shape index (κ1) is 14.0. The number of alkyl halides is 6. The quantitative estimate of drug-likeness (QED) is 0.706. The van der Waals surface area contributed by atoms with Crippen LogP contribution in [0.2, 0.25) is 0 Å². The predicted molar refractivity (Wildman–Crippen MR) is 48.8 cm³/mol. The molecule has 1 rings (SSSR count).